The molecule has 1 fully saturated rings. The van der Waals surface area contributed by atoms with Crippen molar-refractivity contribution in [3.8, 4) is 0 Å². The molecule has 1 aliphatic heterocycles. The average Bonchev–Trinajstić information content (AvgIpc) is 3.34. The van der Waals surface area contributed by atoms with E-state index in [0.717, 1.165) is 30.2 Å². The summed E-state index contributed by atoms with van der Waals surface area (Å²) in [6.07, 6.45) is 4.61. The van der Waals surface area contributed by atoms with Crippen LogP contribution in [-0.4, -0.2) is 42.0 Å². The summed E-state index contributed by atoms with van der Waals surface area (Å²) in [5, 5.41) is 4.39. The smallest absolute Gasteiger partial charge is 0.338 e. The van der Waals surface area contributed by atoms with Crippen LogP contribution >= 0.6 is 0 Å². The lowest BCUT2D eigenvalue weighted by molar-refractivity contribution is -0.121. The van der Waals surface area contributed by atoms with Gasteiger partial charge in [0.25, 0.3) is 5.91 Å². The molecule has 4 rings (SSSR count). The summed E-state index contributed by atoms with van der Waals surface area (Å²) >= 11 is 0. The third-order valence-electron chi connectivity index (χ3n) is 5.70. The van der Waals surface area contributed by atoms with Gasteiger partial charge >= 0.3 is 5.97 Å². The Hall–Kier alpha value is -3.45. The Morgan fingerprint density at radius 2 is 1.94 bits per heavy atom. The number of H-pyrrole nitrogens is 1. The van der Waals surface area contributed by atoms with Crippen molar-refractivity contribution in [2.24, 2.45) is 0 Å². The molecular weight excluding hydrogens is 406 g/mol. The minimum Gasteiger partial charge on any atom is -0.462 e. The molecule has 7 nitrogen and oxygen atoms in total. The number of rotatable bonds is 9. The minimum atomic E-state index is -0.550. The molecule has 166 valence electrons. The predicted octanol–water partition coefficient (Wildman–Crippen LogP) is 3.59. The zero-order chi connectivity index (χ0) is 22.5. The van der Waals surface area contributed by atoms with Crippen LogP contribution in [-0.2, 0) is 20.7 Å². The molecule has 1 atom stereocenters. The number of amides is 2. The lowest BCUT2D eigenvalue weighted by atomic mass is 10.1. The number of nitrogens with zero attached hydrogens (tertiary/aromatic N) is 1. The van der Waals surface area contributed by atoms with Crippen molar-refractivity contribution in [3.63, 3.8) is 0 Å². The standard InChI is InChI=1S/C25H27N3O4/c1-2-3-14-32-25(31)17-8-10-19(11-9-17)28-23(29)15-22(24(28)30)26-13-12-18-16-27-21-7-5-4-6-20(18)21/h4-11,16,22,26-27H,2-3,12-15H2,1H3/t22-/m0/s1. The second-order valence-electron chi connectivity index (χ2n) is 7.92. The third kappa shape index (κ3) is 4.57. The number of fused-ring (bicyclic) bond motifs is 1. The number of esters is 1. The Bertz CT molecular complexity index is 1120. The number of anilines is 1. The Balaban J connectivity index is 1.34. The number of aromatic nitrogens is 1. The zero-order valence-corrected chi connectivity index (χ0v) is 18.1. The Morgan fingerprint density at radius 3 is 2.72 bits per heavy atom. The van der Waals surface area contributed by atoms with Gasteiger partial charge in [-0.25, -0.2) is 9.69 Å². The molecule has 0 bridgehead atoms. The van der Waals surface area contributed by atoms with Gasteiger partial charge in [-0.3, -0.25) is 9.59 Å². The monoisotopic (exact) mass is 433 g/mol. The highest BCUT2D eigenvalue weighted by Crippen LogP contribution is 2.24. The summed E-state index contributed by atoms with van der Waals surface area (Å²) in [5.41, 5.74) is 3.12. The van der Waals surface area contributed by atoms with Crippen molar-refractivity contribution in [1.82, 2.24) is 10.3 Å². The average molecular weight is 434 g/mol. The number of unbranched alkanes of at least 4 members (excludes halogenated alkanes) is 1. The first-order valence-electron chi connectivity index (χ1n) is 11.0. The normalized spacial score (nSPS) is 16.2. The molecule has 0 aliphatic carbocycles. The largest absolute Gasteiger partial charge is 0.462 e. The van der Waals surface area contributed by atoms with Crippen LogP contribution in [0.4, 0.5) is 5.69 Å². The number of hydrogen-bond acceptors (Lipinski definition) is 5. The van der Waals surface area contributed by atoms with Crippen molar-refractivity contribution in [1.29, 1.82) is 0 Å². The molecule has 1 aromatic heterocycles. The molecule has 0 spiro atoms. The van der Waals surface area contributed by atoms with E-state index in [4.69, 9.17) is 4.74 Å². The zero-order valence-electron chi connectivity index (χ0n) is 18.1. The third-order valence-corrected chi connectivity index (χ3v) is 5.70. The fraction of sp³-hybridized carbons (Fsp3) is 0.320. The topological polar surface area (TPSA) is 91.5 Å². The van der Waals surface area contributed by atoms with E-state index in [2.05, 4.69) is 16.4 Å². The van der Waals surface area contributed by atoms with Crippen LogP contribution in [0.15, 0.2) is 54.7 Å². The van der Waals surface area contributed by atoms with Crippen molar-refractivity contribution in [2.75, 3.05) is 18.1 Å². The van der Waals surface area contributed by atoms with Gasteiger partial charge < -0.3 is 15.0 Å². The van der Waals surface area contributed by atoms with Crippen LogP contribution in [0.5, 0.6) is 0 Å². The van der Waals surface area contributed by atoms with E-state index in [1.165, 1.54) is 10.5 Å². The Labute approximate surface area is 186 Å². The van der Waals surface area contributed by atoms with Gasteiger partial charge in [0.15, 0.2) is 0 Å². The maximum atomic E-state index is 12.9. The number of ether oxygens (including phenoxy) is 1. The first-order valence-corrected chi connectivity index (χ1v) is 11.0. The molecule has 2 N–H and O–H groups in total. The number of benzene rings is 2. The Kier molecular flexibility index (Phi) is 6.66. The second kappa shape index (κ2) is 9.78. The van der Waals surface area contributed by atoms with Gasteiger partial charge in [-0.15, -0.1) is 0 Å². The van der Waals surface area contributed by atoms with Crippen LogP contribution in [0, 0.1) is 0 Å². The first kappa shape index (κ1) is 21.8. The van der Waals surface area contributed by atoms with Crippen molar-refractivity contribution in [2.45, 2.75) is 38.6 Å². The number of carbonyl (C=O) groups is 3. The molecule has 2 amide bonds. The second-order valence-corrected chi connectivity index (χ2v) is 7.92. The highest BCUT2D eigenvalue weighted by Gasteiger charge is 2.39. The van der Waals surface area contributed by atoms with Gasteiger partial charge in [0.1, 0.15) is 0 Å². The molecule has 1 saturated heterocycles. The SMILES string of the molecule is CCCCOC(=O)c1ccc(N2C(=O)C[C@H](NCCc3c[nH]c4ccccc34)C2=O)cc1. The molecule has 3 aromatic rings. The van der Waals surface area contributed by atoms with Gasteiger partial charge in [-0.2, -0.15) is 0 Å². The molecule has 2 aromatic carbocycles. The molecular formula is C25H27N3O4. The number of carbonyl (C=O) groups excluding carboxylic acids is 3. The number of nitrogens with one attached hydrogen (secondary N) is 2. The predicted molar refractivity (Wildman–Crippen MR) is 123 cm³/mol. The fourth-order valence-electron chi connectivity index (χ4n) is 3.92. The summed E-state index contributed by atoms with van der Waals surface area (Å²) in [6.45, 7) is 2.99. The van der Waals surface area contributed by atoms with Gasteiger partial charge in [-0.1, -0.05) is 31.5 Å². The van der Waals surface area contributed by atoms with E-state index < -0.39 is 12.0 Å². The molecule has 0 unspecified atom stereocenters. The lowest BCUT2D eigenvalue weighted by Gasteiger charge is -2.16. The highest BCUT2D eigenvalue weighted by atomic mass is 16.5. The molecule has 2 heterocycles. The first-order chi connectivity index (χ1) is 15.6. The van der Waals surface area contributed by atoms with Crippen LogP contribution in [0.2, 0.25) is 0 Å². The molecule has 7 heteroatoms. The van der Waals surface area contributed by atoms with E-state index in [-0.39, 0.29) is 18.2 Å². The summed E-state index contributed by atoms with van der Waals surface area (Å²) in [7, 11) is 0. The molecule has 0 radical (unpaired) electrons. The van der Waals surface area contributed by atoms with Crippen LogP contribution in [0.1, 0.15) is 42.1 Å². The van der Waals surface area contributed by atoms with Crippen molar-refractivity contribution < 1.29 is 19.1 Å². The van der Waals surface area contributed by atoms with E-state index in [1.807, 2.05) is 31.3 Å². The summed E-state index contributed by atoms with van der Waals surface area (Å²) < 4.78 is 5.20. The molecule has 0 saturated carbocycles. The molecule has 32 heavy (non-hydrogen) atoms. The van der Waals surface area contributed by atoms with Gasteiger partial charge in [0.05, 0.1) is 30.3 Å². The van der Waals surface area contributed by atoms with Crippen molar-refractivity contribution >= 4 is 34.4 Å². The number of para-hydroxylation sites is 1. The van der Waals surface area contributed by atoms with Crippen LogP contribution in [0.25, 0.3) is 10.9 Å². The fourth-order valence-corrected chi connectivity index (χ4v) is 3.92. The maximum absolute atomic E-state index is 12.9. The summed E-state index contributed by atoms with van der Waals surface area (Å²) in [4.78, 5) is 41.9. The lowest BCUT2D eigenvalue weighted by Crippen LogP contribution is -2.39. The van der Waals surface area contributed by atoms with Crippen LogP contribution in [0.3, 0.4) is 0 Å². The Morgan fingerprint density at radius 1 is 1.16 bits per heavy atom. The van der Waals surface area contributed by atoms with Gasteiger partial charge in [0, 0.05) is 23.6 Å². The minimum absolute atomic E-state index is 0.119. The van der Waals surface area contributed by atoms with E-state index >= 15 is 0 Å². The van der Waals surface area contributed by atoms with E-state index in [0.29, 0.717) is 24.4 Å². The highest BCUT2D eigenvalue weighted by molar-refractivity contribution is 6.22. The van der Waals surface area contributed by atoms with E-state index in [9.17, 15) is 14.4 Å². The van der Waals surface area contributed by atoms with Gasteiger partial charge in [0.2, 0.25) is 5.91 Å². The summed E-state index contributed by atoms with van der Waals surface area (Å²) in [5.74, 6) is -0.925. The maximum Gasteiger partial charge on any atom is 0.338 e. The molecule has 1 aliphatic rings. The quantitative estimate of drug-likeness (QED) is 0.306. The van der Waals surface area contributed by atoms with Crippen molar-refractivity contribution in [3.05, 3.63) is 65.9 Å². The van der Waals surface area contributed by atoms with E-state index in [1.54, 1.807) is 24.3 Å². The number of imide groups is 1. The van der Waals surface area contributed by atoms with Gasteiger partial charge in [-0.05, 0) is 48.7 Å². The summed E-state index contributed by atoms with van der Waals surface area (Å²) in [6, 6.07) is 13.9. The van der Waals surface area contributed by atoms with Crippen LogP contribution < -0.4 is 10.2 Å². The number of hydrogen-bond donors (Lipinski definition) is 2. The number of aromatic amines is 1.